The van der Waals surface area contributed by atoms with E-state index in [1.54, 1.807) is 36.7 Å². The van der Waals surface area contributed by atoms with Crippen LogP contribution in [0.1, 0.15) is 0 Å². The Morgan fingerprint density at radius 2 is 1.88 bits per heavy atom. The van der Waals surface area contributed by atoms with Crippen LogP contribution in [0.3, 0.4) is 0 Å². The van der Waals surface area contributed by atoms with Crippen molar-refractivity contribution in [3.8, 4) is 11.5 Å². The van der Waals surface area contributed by atoms with Crippen LogP contribution in [0.2, 0.25) is 0 Å². The lowest BCUT2D eigenvalue weighted by molar-refractivity contribution is -0.384. The van der Waals surface area contributed by atoms with E-state index in [2.05, 4.69) is 4.98 Å². The van der Waals surface area contributed by atoms with Crippen molar-refractivity contribution >= 4 is 5.69 Å². The number of nitro benzene ring substituents is 1. The van der Waals surface area contributed by atoms with E-state index >= 15 is 0 Å². The summed E-state index contributed by atoms with van der Waals surface area (Å²) in [6, 6.07) is 9.39. The molecule has 0 bridgehead atoms. The van der Waals surface area contributed by atoms with Crippen LogP contribution >= 0.6 is 0 Å². The quantitative estimate of drug-likeness (QED) is 0.584. The molecule has 0 radical (unpaired) electrons. The molecule has 0 N–H and O–H groups in total. The van der Waals surface area contributed by atoms with Crippen LogP contribution in [0.15, 0.2) is 48.8 Å². The summed E-state index contributed by atoms with van der Waals surface area (Å²) >= 11 is 0. The third-order valence-corrected chi connectivity index (χ3v) is 1.91. The number of pyridine rings is 1. The van der Waals surface area contributed by atoms with Crippen molar-refractivity contribution in [3.05, 3.63) is 58.9 Å². The summed E-state index contributed by atoms with van der Waals surface area (Å²) in [6.45, 7) is 0. The second-order valence-electron chi connectivity index (χ2n) is 3.04. The first-order valence-electron chi connectivity index (χ1n) is 4.58. The van der Waals surface area contributed by atoms with E-state index in [9.17, 15) is 10.1 Å². The minimum Gasteiger partial charge on any atom is -0.457 e. The first kappa shape index (κ1) is 10.1. The van der Waals surface area contributed by atoms with Crippen molar-refractivity contribution in [1.82, 2.24) is 4.98 Å². The molecule has 2 aromatic rings. The smallest absolute Gasteiger partial charge is 0.273 e. The second kappa shape index (κ2) is 4.39. The number of nitrogens with zero attached hydrogens (tertiary/aromatic N) is 2. The Morgan fingerprint density at radius 1 is 1.12 bits per heavy atom. The van der Waals surface area contributed by atoms with Crippen LogP contribution in [-0.2, 0) is 0 Å². The summed E-state index contributed by atoms with van der Waals surface area (Å²) in [5, 5.41) is 10.5. The summed E-state index contributed by atoms with van der Waals surface area (Å²) in [6.07, 6.45) is 3.18. The molecule has 0 spiro atoms. The van der Waals surface area contributed by atoms with Crippen LogP contribution in [0.5, 0.6) is 11.5 Å². The normalized spacial score (nSPS) is 9.75. The average molecular weight is 216 g/mol. The third kappa shape index (κ3) is 2.33. The highest BCUT2D eigenvalue weighted by Crippen LogP contribution is 2.24. The van der Waals surface area contributed by atoms with Crippen molar-refractivity contribution in [3.63, 3.8) is 0 Å². The molecule has 0 saturated heterocycles. The molecule has 5 nitrogen and oxygen atoms in total. The van der Waals surface area contributed by atoms with Crippen LogP contribution in [0.4, 0.5) is 5.69 Å². The van der Waals surface area contributed by atoms with Crippen molar-refractivity contribution < 1.29 is 9.66 Å². The van der Waals surface area contributed by atoms with Crippen molar-refractivity contribution in [2.24, 2.45) is 0 Å². The minimum atomic E-state index is -0.459. The molecule has 0 atom stereocenters. The molecular weight excluding hydrogens is 208 g/mol. The first-order chi connectivity index (χ1) is 7.75. The van der Waals surface area contributed by atoms with Gasteiger partial charge in [0, 0.05) is 18.5 Å². The Labute approximate surface area is 91.5 Å². The van der Waals surface area contributed by atoms with Gasteiger partial charge in [-0.3, -0.25) is 15.1 Å². The molecule has 0 amide bonds. The number of non-ortho nitro benzene ring substituents is 1. The fraction of sp³-hybridized carbons (Fsp3) is 0. The van der Waals surface area contributed by atoms with Gasteiger partial charge in [-0.25, -0.2) is 0 Å². The zero-order valence-corrected chi connectivity index (χ0v) is 8.24. The number of hydrogen-bond acceptors (Lipinski definition) is 4. The maximum Gasteiger partial charge on any atom is 0.273 e. The Morgan fingerprint density at radius 3 is 2.56 bits per heavy atom. The minimum absolute atomic E-state index is 0.00607. The van der Waals surface area contributed by atoms with Gasteiger partial charge in [-0.05, 0) is 18.2 Å². The highest BCUT2D eigenvalue weighted by molar-refractivity contribution is 5.40. The van der Waals surface area contributed by atoms with Crippen molar-refractivity contribution in [1.29, 1.82) is 0 Å². The lowest BCUT2D eigenvalue weighted by Gasteiger charge is -2.04. The molecular formula is C11H8N2O3. The molecule has 2 rings (SSSR count). The van der Waals surface area contributed by atoms with E-state index in [0.29, 0.717) is 11.5 Å². The van der Waals surface area contributed by atoms with Gasteiger partial charge >= 0.3 is 0 Å². The van der Waals surface area contributed by atoms with E-state index < -0.39 is 4.92 Å². The summed E-state index contributed by atoms with van der Waals surface area (Å²) in [5.41, 5.74) is 0.00607. The maximum atomic E-state index is 10.5. The largest absolute Gasteiger partial charge is 0.457 e. The summed E-state index contributed by atoms with van der Waals surface area (Å²) in [7, 11) is 0. The molecule has 1 heterocycles. The van der Waals surface area contributed by atoms with Gasteiger partial charge in [0.2, 0.25) is 0 Å². The van der Waals surface area contributed by atoms with Gasteiger partial charge < -0.3 is 4.74 Å². The molecule has 0 aliphatic rings. The van der Waals surface area contributed by atoms with E-state index in [4.69, 9.17) is 4.74 Å². The van der Waals surface area contributed by atoms with Gasteiger partial charge in [-0.1, -0.05) is 6.07 Å². The maximum absolute atomic E-state index is 10.5. The zero-order chi connectivity index (χ0) is 11.4. The second-order valence-corrected chi connectivity index (χ2v) is 3.04. The number of benzene rings is 1. The molecule has 0 aliphatic carbocycles. The average Bonchev–Trinajstić information content (AvgIpc) is 2.30. The highest BCUT2D eigenvalue weighted by Gasteiger charge is 2.06. The Hall–Kier alpha value is -2.43. The monoisotopic (exact) mass is 216 g/mol. The molecule has 0 saturated carbocycles. The Bertz CT molecular complexity index is 500. The van der Waals surface area contributed by atoms with E-state index in [1.165, 1.54) is 12.1 Å². The number of hydrogen-bond donors (Lipinski definition) is 0. The lowest BCUT2D eigenvalue weighted by Crippen LogP contribution is -1.89. The van der Waals surface area contributed by atoms with Gasteiger partial charge in [-0.15, -0.1) is 0 Å². The number of ether oxygens (including phenoxy) is 1. The van der Waals surface area contributed by atoms with E-state index in [0.717, 1.165) is 0 Å². The number of aromatic nitrogens is 1. The number of rotatable bonds is 3. The van der Waals surface area contributed by atoms with Gasteiger partial charge in [0.05, 0.1) is 11.0 Å². The first-order valence-corrected chi connectivity index (χ1v) is 4.58. The molecule has 16 heavy (non-hydrogen) atoms. The summed E-state index contributed by atoms with van der Waals surface area (Å²) in [5.74, 6) is 1.02. The summed E-state index contributed by atoms with van der Waals surface area (Å²) < 4.78 is 5.42. The van der Waals surface area contributed by atoms with Gasteiger partial charge in [0.15, 0.2) is 0 Å². The van der Waals surface area contributed by atoms with Crippen molar-refractivity contribution in [2.45, 2.75) is 0 Å². The lowest BCUT2D eigenvalue weighted by atomic mass is 10.3. The molecule has 5 heteroatoms. The van der Waals surface area contributed by atoms with Gasteiger partial charge in [-0.2, -0.15) is 0 Å². The molecule has 0 fully saturated rings. The molecule has 80 valence electrons. The topological polar surface area (TPSA) is 65.3 Å². The fourth-order valence-electron chi connectivity index (χ4n) is 1.20. The number of nitro groups is 1. The predicted octanol–water partition coefficient (Wildman–Crippen LogP) is 2.78. The molecule has 0 aliphatic heterocycles. The highest BCUT2D eigenvalue weighted by atomic mass is 16.6. The molecule has 1 aromatic heterocycles. The van der Waals surface area contributed by atoms with Crippen LogP contribution < -0.4 is 4.74 Å². The van der Waals surface area contributed by atoms with Gasteiger partial charge in [0.25, 0.3) is 5.69 Å². The van der Waals surface area contributed by atoms with Crippen LogP contribution in [0, 0.1) is 10.1 Å². The standard InChI is InChI=1S/C11H8N2O3/c14-13(15)9-2-1-3-11(8-9)16-10-4-6-12-7-5-10/h1-8H. The van der Waals surface area contributed by atoms with Crippen molar-refractivity contribution in [2.75, 3.05) is 0 Å². The van der Waals surface area contributed by atoms with Crippen LogP contribution in [0.25, 0.3) is 0 Å². The van der Waals surface area contributed by atoms with Crippen LogP contribution in [-0.4, -0.2) is 9.91 Å². The summed E-state index contributed by atoms with van der Waals surface area (Å²) in [4.78, 5) is 13.9. The van der Waals surface area contributed by atoms with Gasteiger partial charge in [0.1, 0.15) is 11.5 Å². The van der Waals surface area contributed by atoms with E-state index in [-0.39, 0.29) is 5.69 Å². The SMILES string of the molecule is O=[N+]([O-])c1cccc(Oc2ccncc2)c1. The Balaban J connectivity index is 2.22. The zero-order valence-electron chi connectivity index (χ0n) is 8.24. The predicted molar refractivity (Wildman–Crippen MR) is 57.4 cm³/mol. The third-order valence-electron chi connectivity index (χ3n) is 1.91. The van der Waals surface area contributed by atoms with E-state index in [1.807, 2.05) is 0 Å². The Kier molecular flexibility index (Phi) is 2.77. The molecule has 1 aromatic carbocycles. The molecule has 0 unspecified atom stereocenters. The fourth-order valence-corrected chi connectivity index (χ4v) is 1.20.